The molecule has 1 N–H and O–H groups in total. The van der Waals surface area contributed by atoms with Crippen molar-refractivity contribution in [2.45, 2.75) is 12.5 Å². The Morgan fingerprint density at radius 3 is 2.66 bits per heavy atom. The Morgan fingerprint density at radius 1 is 1.14 bits per heavy atom. The topological polar surface area (TPSA) is 84.5 Å². The van der Waals surface area contributed by atoms with Crippen LogP contribution in [0.2, 0.25) is 0 Å². The van der Waals surface area contributed by atoms with Gasteiger partial charge in [-0.15, -0.1) is 0 Å². The third kappa shape index (κ3) is 3.42. The van der Waals surface area contributed by atoms with Crippen LogP contribution < -0.4 is 9.47 Å². The molecule has 0 saturated heterocycles. The third-order valence-corrected chi connectivity index (χ3v) is 4.87. The Hall–Kier alpha value is -3.74. The maximum Gasteiger partial charge on any atom is 0.310 e. The molecule has 0 fully saturated rings. The number of methoxy groups -OCH3 is 2. The van der Waals surface area contributed by atoms with Gasteiger partial charge in [-0.3, -0.25) is 4.79 Å². The summed E-state index contributed by atoms with van der Waals surface area (Å²) >= 11 is 0. The average Bonchev–Trinajstić information content (AvgIpc) is 3.43. The number of hydrogen-bond acceptors (Lipinski definition) is 6. The third-order valence-electron chi connectivity index (χ3n) is 4.87. The minimum absolute atomic E-state index is 0.105. The summed E-state index contributed by atoms with van der Waals surface area (Å²) < 4.78 is 16.0. The second-order valence-electron chi connectivity index (χ2n) is 6.52. The number of phenols is 1. The molecule has 0 radical (unpaired) electrons. The van der Waals surface area contributed by atoms with Crippen molar-refractivity contribution in [2.24, 2.45) is 5.10 Å². The fraction of sp³-hybridized carbons (Fsp3) is 0.182. The lowest BCUT2D eigenvalue weighted by Gasteiger charge is -2.21. The monoisotopic (exact) mass is 392 g/mol. The SMILES string of the molecule is COc1ccc(C2=NN(C(=O)c3ccco3)[C@H](c3ccccc3O)C2)c(OC)c1. The van der Waals surface area contributed by atoms with E-state index in [2.05, 4.69) is 5.10 Å². The second-order valence-corrected chi connectivity index (χ2v) is 6.52. The van der Waals surface area contributed by atoms with Gasteiger partial charge in [0, 0.05) is 23.6 Å². The van der Waals surface area contributed by atoms with E-state index in [1.54, 1.807) is 50.6 Å². The summed E-state index contributed by atoms with van der Waals surface area (Å²) in [6.45, 7) is 0. The van der Waals surface area contributed by atoms with Gasteiger partial charge in [0.2, 0.25) is 0 Å². The lowest BCUT2D eigenvalue weighted by molar-refractivity contribution is 0.0677. The standard InChI is InChI=1S/C22H20N2O5/c1-27-14-9-10-15(21(12-14)28-2)17-13-18(16-6-3-4-7-19(16)25)24(23-17)22(26)20-8-5-11-29-20/h3-12,18,25H,13H2,1-2H3/t18-/m0/s1. The number of para-hydroxylation sites is 1. The zero-order valence-corrected chi connectivity index (χ0v) is 16.0. The van der Waals surface area contributed by atoms with Gasteiger partial charge in [0.1, 0.15) is 17.2 Å². The van der Waals surface area contributed by atoms with Crippen molar-refractivity contribution in [1.82, 2.24) is 5.01 Å². The molecule has 0 aliphatic carbocycles. The minimum Gasteiger partial charge on any atom is -0.508 e. The van der Waals surface area contributed by atoms with E-state index >= 15 is 0 Å². The van der Waals surface area contributed by atoms with Gasteiger partial charge in [-0.05, 0) is 30.3 Å². The van der Waals surface area contributed by atoms with Crippen molar-refractivity contribution in [1.29, 1.82) is 0 Å². The molecule has 1 aliphatic heterocycles. The van der Waals surface area contributed by atoms with Gasteiger partial charge in [0.05, 0.1) is 32.2 Å². The number of ether oxygens (including phenoxy) is 2. The highest BCUT2D eigenvalue weighted by Crippen LogP contribution is 2.39. The van der Waals surface area contributed by atoms with Crippen LogP contribution in [-0.4, -0.2) is 36.0 Å². The van der Waals surface area contributed by atoms with E-state index in [9.17, 15) is 9.90 Å². The van der Waals surface area contributed by atoms with E-state index in [4.69, 9.17) is 13.9 Å². The first kappa shape index (κ1) is 18.6. The maximum atomic E-state index is 13.0. The van der Waals surface area contributed by atoms with Crippen LogP contribution in [0.15, 0.2) is 70.4 Å². The van der Waals surface area contributed by atoms with Crippen LogP contribution in [-0.2, 0) is 0 Å². The van der Waals surface area contributed by atoms with Gasteiger partial charge < -0.3 is 19.0 Å². The number of phenolic OH excluding ortho intramolecular Hbond substituents is 1. The second kappa shape index (κ2) is 7.71. The molecule has 1 aromatic heterocycles. The number of hydrogen-bond donors (Lipinski definition) is 1. The molecule has 2 heterocycles. The summed E-state index contributed by atoms with van der Waals surface area (Å²) in [5.41, 5.74) is 2.03. The molecule has 1 atom stereocenters. The van der Waals surface area contributed by atoms with Gasteiger partial charge in [-0.25, -0.2) is 5.01 Å². The molecule has 4 rings (SSSR count). The summed E-state index contributed by atoms with van der Waals surface area (Å²) in [5, 5.41) is 16.3. The number of furan rings is 1. The first-order valence-electron chi connectivity index (χ1n) is 9.07. The predicted molar refractivity (Wildman–Crippen MR) is 106 cm³/mol. The van der Waals surface area contributed by atoms with Crippen LogP contribution in [0.4, 0.5) is 0 Å². The Balaban J connectivity index is 1.77. The highest BCUT2D eigenvalue weighted by atomic mass is 16.5. The number of rotatable bonds is 5. The highest BCUT2D eigenvalue weighted by molar-refractivity contribution is 6.06. The van der Waals surface area contributed by atoms with Crippen molar-refractivity contribution in [2.75, 3.05) is 14.2 Å². The molecule has 0 spiro atoms. The van der Waals surface area contributed by atoms with Crippen molar-refractivity contribution >= 4 is 11.6 Å². The molecule has 3 aromatic rings. The average molecular weight is 392 g/mol. The number of benzene rings is 2. The fourth-order valence-electron chi connectivity index (χ4n) is 3.42. The van der Waals surface area contributed by atoms with E-state index in [-0.39, 0.29) is 17.4 Å². The lowest BCUT2D eigenvalue weighted by Crippen LogP contribution is -2.26. The number of amides is 1. The normalized spacial score (nSPS) is 15.9. The summed E-state index contributed by atoms with van der Waals surface area (Å²) in [4.78, 5) is 13.0. The largest absolute Gasteiger partial charge is 0.508 e. The Bertz CT molecular complexity index is 1060. The zero-order valence-electron chi connectivity index (χ0n) is 16.0. The van der Waals surface area contributed by atoms with Crippen molar-refractivity contribution in [3.8, 4) is 17.2 Å². The van der Waals surface area contributed by atoms with Gasteiger partial charge in [-0.2, -0.15) is 5.10 Å². The minimum atomic E-state index is -0.476. The van der Waals surface area contributed by atoms with Crippen LogP contribution in [0, 0.1) is 0 Å². The zero-order chi connectivity index (χ0) is 20.4. The van der Waals surface area contributed by atoms with E-state index in [1.165, 1.54) is 11.3 Å². The molecule has 0 saturated carbocycles. The molecule has 1 amide bonds. The van der Waals surface area contributed by atoms with E-state index in [0.29, 0.717) is 29.2 Å². The highest BCUT2D eigenvalue weighted by Gasteiger charge is 2.36. The molecule has 29 heavy (non-hydrogen) atoms. The first-order chi connectivity index (χ1) is 14.1. The van der Waals surface area contributed by atoms with Gasteiger partial charge in [-0.1, -0.05) is 18.2 Å². The Morgan fingerprint density at radius 2 is 1.97 bits per heavy atom. The first-order valence-corrected chi connectivity index (χ1v) is 9.07. The van der Waals surface area contributed by atoms with Crippen LogP contribution in [0.25, 0.3) is 0 Å². The van der Waals surface area contributed by atoms with E-state index in [1.807, 2.05) is 18.2 Å². The summed E-state index contributed by atoms with van der Waals surface area (Å²) in [5.74, 6) is 1.15. The molecule has 1 aliphatic rings. The molecule has 7 nitrogen and oxygen atoms in total. The van der Waals surface area contributed by atoms with E-state index in [0.717, 1.165) is 5.56 Å². The number of nitrogens with zero attached hydrogens (tertiary/aromatic N) is 2. The van der Waals surface area contributed by atoms with Crippen molar-refractivity contribution in [3.05, 3.63) is 77.7 Å². The van der Waals surface area contributed by atoms with Gasteiger partial charge >= 0.3 is 5.91 Å². The van der Waals surface area contributed by atoms with Crippen LogP contribution in [0.5, 0.6) is 17.2 Å². The molecule has 2 aromatic carbocycles. The molecule has 0 unspecified atom stereocenters. The molecule has 7 heteroatoms. The molecular weight excluding hydrogens is 372 g/mol. The van der Waals surface area contributed by atoms with Crippen molar-refractivity contribution < 1.29 is 23.8 Å². The summed E-state index contributed by atoms with van der Waals surface area (Å²) in [6, 6.07) is 15.1. The van der Waals surface area contributed by atoms with Crippen LogP contribution in [0.3, 0.4) is 0 Å². The predicted octanol–water partition coefficient (Wildman–Crippen LogP) is 3.99. The number of carbonyl (C=O) groups is 1. The van der Waals surface area contributed by atoms with Crippen LogP contribution in [0.1, 0.15) is 34.1 Å². The fourth-order valence-corrected chi connectivity index (χ4v) is 3.42. The number of hydrazone groups is 1. The number of carbonyl (C=O) groups excluding carboxylic acids is 1. The molecule has 148 valence electrons. The van der Waals surface area contributed by atoms with Crippen molar-refractivity contribution in [3.63, 3.8) is 0 Å². The Labute approximate surface area is 167 Å². The summed E-state index contributed by atoms with van der Waals surface area (Å²) in [7, 11) is 3.15. The van der Waals surface area contributed by atoms with E-state index < -0.39 is 6.04 Å². The quantitative estimate of drug-likeness (QED) is 0.710. The van der Waals surface area contributed by atoms with Crippen LogP contribution >= 0.6 is 0 Å². The molecule has 0 bridgehead atoms. The Kier molecular flexibility index (Phi) is 4.95. The smallest absolute Gasteiger partial charge is 0.310 e. The maximum absolute atomic E-state index is 13.0. The van der Waals surface area contributed by atoms with Gasteiger partial charge in [0.15, 0.2) is 5.76 Å². The lowest BCUT2D eigenvalue weighted by atomic mass is 9.97. The summed E-state index contributed by atoms with van der Waals surface area (Å²) in [6.07, 6.45) is 1.85. The van der Waals surface area contributed by atoms with Gasteiger partial charge in [0.25, 0.3) is 0 Å². The number of aromatic hydroxyl groups is 1. The molecular formula is C22H20N2O5.